The van der Waals surface area contributed by atoms with Crippen LogP contribution in [0.3, 0.4) is 0 Å². The smallest absolute Gasteiger partial charge is 0.328 e. The van der Waals surface area contributed by atoms with Crippen LogP contribution >= 0.6 is 0 Å². The molecule has 6 nitrogen and oxygen atoms in total. The molecule has 25 heavy (non-hydrogen) atoms. The fourth-order valence-corrected chi connectivity index (χ4v) is 2.69. The van der Waals surface area contributed by atoms with Crippen molar-refractivity contribution in [1.82, 2.24) is 14.5 Å². The minimum atomic E-state index is -0.361. The quantitative estimate of drug-likeness (QED) is 0.831. The Morgan fingerprint density at radius 1 is 1.08 bits per heavy atom. The normalized spacial score (nSPS) is 11.1. The van der Waals surface area contributed by atoms with Crippen LogP contribution in [0.25, 0.3) is 0 Å². The number of hydrogen-bond donors (Lipinski definition) is 1. The summed E-state index contributed by atoms with van der Waals surface area (Å²) in [4.78, 5) is 28.4. The number of likely N-dealkylation sites (N-methyl/N-ethyl adjacent to an activating group) is 1. The molecule has 136 valence electrons. The molecule has 0 spiro atoms. The molecule has 0 aliphatic heterocycles. The van der Waals surface area contributed by atoms with Gasteiger partial charge in [-0.05, 0) is 57.5 Å². The van der Waals surface area contributed by atoms with Gasteiger partial charge in [0.25, 0.3) is 5.56 Å². The first-order valence-electron chi connectivity index (χ1n) is 8.48. The van der Waals surface area contributed by atoms with Crippen molar-refractivity contribution >= 4 is 0 Å². The summed E-state index contributed by atoms with van der Waals surface area (Å²) < 4.78 is 7.13. The van der Waals surface area contributed by atoms with Crippen molar-refractivity contribution in [3.63, 3.8) is 0 Å². The van der Waals surface area contributed by atoms with Gasteiger partial charge < -0.3 is 14.6 Å². The SMILES string of the molecule is Cc1cc(C)c(C)c(OCCN(C)CCn2c(=O)cc(C)[nH]c2=O)c1. The van der Waals surface area contributed by atoms with Crippen LogP contribution < -0.4 is 16.0 Å². The van der Waals surface area contributed by atoms with Gasteiger partial charge >= 0.3 is 5.69 Å². The summed E-state index contributed by atoms with van der Waals surface area (Å²) in [5, 5.41) is 0. The number of nitrogens with zero attached hydrogens (tertiary/aromatic N) is 2. The predicted molar refractivity (Wildman–Crippen MR) is 99.7 cm³/mol. The number of aryl methyl sites for hydroxylation is 3. The van der Waals surface area contributed by atoms with Crippen LogP contribution in [0.2, 0.25) is 0 Å². The minimum absolute atomic E-state index is 0.267. The summed E-state index contributed by atoms with van der Waals surface area (Å²) in [6.07, 6.45) is 0. The van der Waals surface area contributed by atoms with Gasteiger partial charge in [0.1, 0.15) is 12.4 Å². The lowest BCUT2D eigenvalue weighted by Crippen LogP contribution is -2.39. The van der Waals surface area contributed by atoms with Gasteiger partial charge in [0.15, 0.2) is 0 Å². The van der Waals surface area contributed by atoms with Crippen molar-refractivity contribution in [3.05, 3.63) is 61.4 Å². The Balaban J connectivity index is 1.87. The molecule has 0 saturated heterocycles. The number of aromatic nitrogens is 2. The van der Waals surface area contributed by atoms with Crippen LogP contribution in [0.5, 0.6) is 5.75 Å². The van der Waals surface area contributed by atoms with Gasteiger partial charge in [-0.15, -0.1) is 0 Å². The maximum atomic E-state index is 11.9. The second-order valence-corrected chi connectivity index (χ2v) is 6.60. The van der Waals surface area contributed by atoms with E-state index < -0.39 is 0 Å². The first kappa shape index (κ1) is 19.0. The number of hydrogen-bond acceptors (Lipinski definition) is 4. The summed E-state index contributed by atoms with van der Waals surface area (Å²) >= 11 is 0. The Morgan fingerprint density at radius 3 is 2.48 bits per heavy atom. The van der Waals surface area contributed by atoms with Crippen molar-refractivity contribution in [1.29, 1.82) is 0 Å². The number of aromatic amines is 1. The number of rotatable bonds is 7. The van der Waals surface area contributed by atoms with E-state index >= 15 is 0 Å². The Kier molecular flexibility index (Phi) is 6.20. The van der Waals surface area contributed by atoms with Gasteiger partial charge in [-0.25, -0.2) is 4.79 Å². The highest BCUT2D eigenvalue weighted by atomic mass is 16.5. The standard InChI is InChI=1S/C19H27N3O3/c1-13-10-14(2)16(4)17(11-13)25-9-8-21(5)6-7-22-18(23)12-15(3)20-19(22)24/h10-12H,6-9H2,1-5H3,(H,20,24). The largest absolute Gasteiger partial charge is 0.492 e. The Morgan fingerprint density at radius 2 is 1.80 bits per heavy atom. The first-order chi connectivity index (χ1) is 11.8. The van der Waals surface area contributed by atoms with Crippen molar-refractivity contribution in [2.75, 3.05) is 26.7 Å². The molecule has 1 aromatic heterocycles. The van der Waals surface area contributed by atoms with E-state index in [9.17, 15) is 9.59 Å². The average molecular weight is 345 g/mol. The van der Waals surface area contributed by atoms with E-state index in [0.717, 1.165) is 11.3 Å². The van der Waals surface area contributed by atoms with Crippen molar-refractivity contribution in [2.24, 2.45) is 0 Å². The molecule has 1 aromatic carbocycles. The fourth-order valence-electron chi connectivity index (χ4n) is 2.69. The van der Waals surface area contributed by atoms with E-state index in [-0.39, 0.29) is 11.2 Å². The third kappa shape index (κ3) is 5.06. The van der Waals surface area contributed by atoms with Crippen LogP contribution in [0.4, 0.5) is 0 Å². The molecule has 0 bridgehead atoms. The average Bonchev–Trinajstić information content (AvgIpc) is 2.50. The third-order valence-electron chi connectivity index (χ3n) is 4.36. The van der Waals surface area contributed by atoms with Crippen LogP contribution in [-0.2, 0) is 6.54 Å². The summed E-state index contributed by atoms with van der Waals surface area (Å²) in [5.41, 5.74) is 3.52. The van der Waals surface area contributed by atoms with Crippen molar-refractivity contribution in [3.8, 4) is 5.75 Å². The fraction of sp³-hybridized carbons (Fsp3) is 0.474. The van der Waals surface area contributed by atoms with Gasteiger partial charge in [-0.1, -0.05) is 6.07 Å². The summed E-state index contributed by atoms with van der Waals surface area (Å²) in [6, 6.07) is 5.63. The van der Waals surface area contributed by atoms with Crippen molar-refractivity contribution in [2.45, 2.75) is 34.2 Å². The zero-order valence-corrected chi connectivity index (χ0v) is 15.7. The van der Waals surface area contributed by atoms with E-state index in [4.69, 9.17) is 4.74 Å². The minimum Gasteiger partial charge on any atom is -0.492 e. The summed E-state index contributed by atoms with van der Waals surface area (Å²) in [5.74, 6) is 0.914. The Labute approximate surface area is 148 Å². The molecule has 0 amide bonds. The van der Waals surface area contributed by atoms with Gasteiger partial charge in [-0.2, -0.15) is 0 Å². The van der Waals surface area contributed by atoms with E-state index in [1.807, 2.05) is 18.0 Å². The third-order valence-corrected chi connectivity index (χ3v) is 4.36. The topological polar surface area (TPSA) is 67.3 Å². The predicted octanol–water partition coefficient (Wildman–Crippen LogP) is 1.78. The van der Waals surface area contributed by atoms with Crippen LogP contribution in [-0.4, -0.2) is 41.2 Å². The molecule has 0 radical (unpaired) electrons. The van der Waals surface area contributed by atoms with Crippen molar-refractivity contribution < 1.29 is 4.74 Å². The van der Waals surface area contributed by atoms with Crippen LogP contribution in [0.1, 0.15) is 22.4 Å². The van der Waals surface area contributed by atoms with E-state index in [1.165, 1.54) is 21.8 Å². The lowest BCUT2D eigenvalue weighted by atomic mass is 10.1. The Hall–Kier alpha value is -2.34. The van der Waals surface area contributed by atoms with Gasteiger partial charge in [0.05, 0.1) is 0 Å². The highest BCUT2D eigenvalue weighted by molar-refractivity contribution is 5.41. The van der Waals surface area contributed by atoms with Gasteiger partial charge in [0, 0.05) is 31.4 Å². The molecule has 0 fully saturated rings. The number of ether oxygens (including phenoxy) is 1. The maximum absolute atomic E-state index is 11.9. The molecular formula is C19H27N3O3. The van der Waals surface area contributed by atoms with E-state index in [2.05, 4.69) is 31.8 Å². The molecule has 2 rings (SSSR count). The Bertz CT molecular complexity index is 821. The highest BCUT2D eigenvalue weighted by Gasteiger charge is 2.07. The second kappa shape index (κ2) is 8.16. The second-order valence-electron chi connectivity index (χ2n) is 6.60. The zero-order chi connectivity index (χ0) is 18.6. The van der Waals surface area contributed by atoms with E-state index in [1.54, 1.807) is 6.92 Å². The summed E-state index contributed by atoms with van der Waals surface area (Å²) in [7, 11) is 1.95. The number of benzene rings is 1. The molecule has 2 aromatic rings. The molecule has 0 atom stereocenters. The first-order valence-corrected chi connectivity index (χ1v) is 8.48. The molecule has 0 saturated carbocycles. The van der Waals surface area contributed by atoms with Crippen LogP contribution in [0.15, 0.2) is 27.8 Å². The molecule has 1 N–H and O–H groups in total. The number of nitrogens with one attached hydrogen (secondary N) is 1. The van der Waals surface area contributed by atoms with E-state index in [0.29, 0.717) is 31.9 Å². The number of H-pyrrole nitrogens is 1. The summed E-state index contributed by atoms with van der Waals surface area (Å²) in [6.45, 7) is 10.1. The lowest BCUT2D eigenvalue weighted by Gasteiger charge is -2.18. The monoisotopic (exact) mass is 345 g/mol. The van der Waals surface area contributed by atoms with Gasteiger partial charge in [-0.3, -0.25) is 9.36 Å². The molecule has 6 heteroatoms. The lowest BCUT2D eigenvalue weighted by molar-refractivity contribution is 0.230. The zero-order valence-electron chi connectivity index (χ0n) is 15.7. The highest BCUT2D eigenvalue weighted by Crippen LogP contribution is 2.23. The molecule has 0 aliphatic rings. The molecule has 1 heterocycles. The molecular weight excluding hydrogens is 318 g/mol. The maximum Gasteiger partial charge on any atom is 0.328 e. The molecule has 0 unspecified atom stereocenters. The van der Waals surface area contributed by atoms with Crippen LogP contribution in [0, 0.1) is 27.7 Å². The van der Waals surface area contributed by atoms with Gasteiger partial charge in [0.2, 0.25) is 0 Å². The molecule has 0 aliphatic carbocycles.